The van der Waals surface area contributed by atoms with Gasteiger partial charge in [0.05, 0.1) is 5.69 Å². The van der Waals surface area contributed by atoms with Crippen LogP contribution in [0.5, 0.6) is 0 Å². The Morgan fingerprint density at radius 3 is 2.55 bits per heavy atom. The number of anilines is 2. The number of piperidine rings is 1. The van der Waals surface area contributed by atoms with Gasteiger partial charge in [0.25, 0.3) is 11.6 Å². The summed E-state index contributed by atoms with van der Waals surface area (Å²) in [7, 11) is 0. The summed E-state index contributed by atoms with van der Waals surface area (Å²) in [6.45, 7) is 3.04. The summed E-state index contributed by atoms with van der Waals surface area (Å²) >= 11 is 3.29. The van der Waals surface area contributed by atoms with Gasteiger partial charge in [-0.2, -0.15) is 0 Å². The zero-order chi connectivity index (χ0) is 23.6. The van der Waals surface area contributed by atoms with Crippen LogP contribution < -0.4 is 15.5 Å². The molecule has 1 saturated heterocycles. The number of hydrogen-bond acceptors (Lipinski definition) is 4. The summed E-state index contributed by atoms with van der Waals surface area (Å²) in [6.07, 6.45) is 4.15. The standard InChI is InChI=1S/C23H25BrF2N4O3/c24-15-8-9-19-16(14-15)23(33,21(31)27-10-5-13-29-11-2-1-3-12-29)30(22(32)28-19)20-17(25)6-4-7-18(20)26/h4,6-9,14,33H,1-3,5,10-13H2,(H,27,31)(H,28,32)/t23-/m0/s1. The highest BCUT2D eigenvalue weighted by Gasteiger charge is 2.53. The first kappa shape index (κ1) is 23.6. The van der Waals surface area contributed by atoms with Crippen molar-refractivity contribution in [1.82, 2.24) is 10.2 Å². The van der Waals surface area contributed by atoms with Gasteiger partial charge in [-0.25, -0.2) is 18.5 Å². The van der Waals surface area contributed by atoms with Gasteiger partial charge in [-0.3, -0.25) is 4.79 Å². The van der Waals surface area contributed by atoms with E-state index in [1.54, 1.807) is 6.07 Å². The van der Waals surface area contributed by atoms with Gasteiger partial charge in [0.1, 0.15) is 17.3 Å². The molecule has 2 aromatic rings. The molecule has 7 nitrogen and oxygen atoms in total. The van der Waals surface area contributed by atoms with Gasteiger partial charge in [0.15, 0.2) is 0 Å². The minimum absolute atomic E-state index is 0.00680. The molecule has 3 amide bonds. The molecule has 0 spiro atoms. The molecule has 1 atom stereocenters. The van der Waals surface area contributed by atoms with E-state index in [9.17, 15) is 23.5 Å². The van der Waals surface area contributed by atoms with Gasteiger partial charge in [0, 0.05) is 16.6 Å². The Morgan fingerprint density at radius 1 is 1.15 bits per heavy atom. The monoisotopic (exact) mass is 522 g/mol. The Kier molecular flexibility index (Phi) is 6.96. The van der Waals surface area contributed by atoms with Crippen molar-refractivity contribution in [2.75, 3.05) is 36.4 Å². The third-order valence-corrected chi connectivity index (χ3v) is 6.48. The summed E-state index contributed by atoms with van der Waals surface area (Å²) in [5.74, 6) is -3.11. The maximum Gasteiger partial charge on any atom is 0.329 e. The van der Waals surface area contributed by atoms with Crippen molar-refractivity contribution in [2.45, 2.75) is 31.4 Å². The summed E-state index contributed by atoms with van der Waals surface area (Å²) in [5.41, 5.74) is -3.32. The molecule has 0 aromatic heterocycles. The van der Waals surface area contributed by atoms with Gasteiger partial charge < -0.3 is 20.6 Å². The van der Waals surface area contributed by atoms with E-state index < -0.39 is 35.0 Å². The van der Waals surface area contributed by atoms with Gasteiger partial charge in [-0.15, -0.1) is 0 Å². The molecule has 4 rings (SSSR count). The lowest BCUT2D eigenvalue weighted by Crippen LogP contribution is -2.63. The van der Waals surface area contributed by atoms with Crippen molar-refractivity contribution in [3.8, 4) is 0 Å². The van der Waals surface area contributed by atoms with Crippen LogP contribution in [0.1, 0.15) is 31.2 Å². The number of carbonyl (C=O) groups excluding carboxylic acids is 2. The van der Waals surface area contributed by atoms with Gasteiger partial charge in [0.2, 0.25) is 0 Å². The Morgan fingerprint density at radius 2 is 1.85 bits per heavy atom. The summed E-state index contributed by atoms with van der Waals surface area (Å²) in [6, 6.07) is 6.59. The quantitative estimate of drug-likeness (QED) is 0.502. The molecule has 1 fully saturated rings. The van der Waals surface area contributed by atoms with Crippen LogP contribution in [-0.2, 0) is 10.5 Å². The van der Waals surface area contributed by atoms with E-state index in [-0.39, 0.29) is 17.8 Å². The van der Waals surface area contributed by atoms with Gasteiger partial charge in [-0.1, -0.05) is 28.4 Å². The van der Waals surface area contributed by atoms with E-state index in [0.29, 0.717) is 15.8 Å². The maximum atomic E-state index is 14.7. The first-order chi connectivity index (χ1) is 15.8. The van der Waals surface area contributed by atoms with E-state index in [1.165, 1.54) is 18.6 Å². The summed E-state index contributed by atoms with van der Waals surface area (Å²) in [4.78, 5) is 29.0. The molecule has 0 saturated carbocycles. The SMILES string of the molecule is O=C1Nc2ccc(Br)cc2[C@](O)(C(=O)NCCCN2CCCCC2)N1c1c(F)cccc1F. The highest BCUT2D eigenvalue weighted by Crippen LogP contribution is 2.42. The molecule has 0 unspecified atom stereocenters. The second kappa shape index (κ2) is 9.74. The van der Waals surface area contributed by atoms with E-state index in [0.717, 1.165) is 50.7 Å². The summed E-state index contributed by atoms with van der Waals surface area (Å²) in [5, 5.41) is 16.8. The van der Waals surface area contributed by atoms with E-state index in [1.807, 2.05) is 0 Å². The Labute approximate surface area is 198 Å². The predicted octanol–water partition coefficient (Wildman–Crippen LogP) is 3.92. The molecule has 2 heterocycles. The number of amides is 3. The zero-order valence-electron chi connectivity index (χ0n) is 17.9. The number of carbonyl (C=O) groups is 2. The minimum atomic E-state index is -2.67. The molecule has 3 N–H and O–H groups in total. The van der Waals surface area contributed by atoms with Crippen molar-refractivity contribution in [3.63, 3.8) is 0 Å². The predicted molar refractivity (Wildman–Crippen MR) is 124 cm³/mol. The third-order valence-electron chi connectivity index (χ3n) is 5.99. The van der Waals surface area contributed by atoms with Crippen LogP contribution in [0.2, 0.25) is 0 Å². The number of hydrogen-bond donors (Lipinski definition) is 3. The summed E-state index contributed by atoms with van der Waals surface area (Å²) < 4.78 is 29.8. The Hall–Kier alpha value is -2.56. The lowest BCUT2D eigenvalue weighted by atomic mass is 9.94. The molecular weight excluding hydrogens is 498 g/mol. The number of halogens is 3. The van der Waals surface area contributed by atoms with Crippen LogP contribution in [-0.4, -0.2) is 48.1 Å². The highest BCUT2D eigenvalue weighted by molar-refractivity contribution is 9.10. The number of urea groups is 1. The number of para-hydroxylation sites is 1. The molecule has 176 valence electrons. The average Bonchev–Trinajstić information content (AvgIpc) is 2.79. The van der Waals surface area contributed by atoms with Gasteiger partial charge in [-0.05, 0) is 69.2 Å². The van der Waals surface area contributed by atoms with Crippen LogP contribution >= 0.6 is 15.9 Å². The first-order valence-electron chi connectivity index (χ1n) is 10.9. The molecular formula is C23H25BrF2N4O3. The molecule has 0 aliphatic carbocycles. The molecule has 2 aliphatic heterocycles. The molecule has 2 aromatic carbocycles. The lowest BCUT2D eigenvalue weighted by molar-refractivity contribution is -0.140. The number of rotatable bonds is 6. The highest BCUT2D eigenvalue weighted by atomic mass is 79.9. The number of fused-ring (bicyclic) bond motifs is 1. The zero-order valence-corrected chi connectivity index (χ0v) is 19.5. The fourth-order valence-corrected chi connectivity index (χ4v) is 4.71. The Balaban J connectivity index is 1.65. The van der Waals surface area contributed by atoms with Crippen molar-refractivity contribution < 1.29 is 23.5 Å². The lowest BCUT2D eigenvalue weighted by Gasteiger charge is -2.42. The fraction of sp³-hybridized carbons (Fsp3) is 0.391. The minimum Gasteiger partial charge on any atom is -0.359 e. The number of nitrogens with one attached hydrogen (secondary N) is 2. The van der Waals surface area contributed by atoms with Crippen LogP contribution in [0.15, 0.2) is 40.9 Å². The maximum absolute atomic E-state index is 14.7. The fourth-order valence-electron chi connectivity index (χ4n) is 4.35. The topological polar surface area (TPSA) is 84.9 Å². The van der Waals surface area contributed by atoms with Crippen molar-refractivity contribution in [2.24, 2.45) is 0 Å². The van der Waals surface area contributed by atoms with Crippen molar-refractivity contribution in [3.05, 3.63) is 58.1 Å². The van der Waals surface area contributed by atoms with Crippen LogP contribution in [0.4, 0.5) is 25.0 Å². The van der Waals surface area contributed by atoms with E-state index in [2.05, 4.69) is 31.5 Å². The Bertz CT molecular complexity index is 1040. The first-order valence-corrected chi connectivity index (χ1v) is 11.7. The van der Waals surface area contributed by atoms with Crippen LogP contribution in [0.3, 0.4) is 0 Å². The second-order valence-electron chi connectivity index (χ2n) is 8.21. The third kappa shape index (κ3) is 4.60. The largest absolute Gasteiger partial charge is 0.359 e. The van der Waals surface area contributed by atoms with Crippen LogP contribution in [0, 0.1) is 11.6 Å². The van der Waals surface area contributed by atoms with Crippen LogP contribution in [0.25, 0.3) is 0 Å². The molecule has 33 heavy (non-hydrogen) atoms. The smallest absolute Gasteiger partial charge is 0.329 e. The molecule has 2 aliphatic rings. The number of aliphatic hydroxyl groups is 1. The number of benzene rings is 2. The van der Waals surface area contributed by atoms with E-state index >= 15 is 0 Å². The molecule has 10 heteroatoms. The van der Waals surface area contributed by atoms with E-state index in [4.69, 9.17) is 0 Å². The second-order valence-corrected chi connectivity index (χ2v) is 9.13. The van der Waals surface area contributed by atoms with Crippen molar-refractivity contribution in [1.29, 1.82) is 0 Å². The normalized spacial score (nSPS) is 20.8. The number of likely N-dealkylation sites (tertiary alicyclic amines) is 1. The van der Waals surface area contributed by atoms with Crippen molar-refractivity contribution >= 4 is 39.2 Å². The number of nitrogens with zero attached hydrogens (tertiary/aromatic N) is 2. The average molecular weight is 523 g/mol. The van der Waals surface area contributed by atoms with Gasteiger partial charge >= 0.3 is 6.03 Å². The molecule has 0 bridgehead atoms. The molecule has 0 radical (unpaired) electrons.